The molecular formula is C26H31FN2O7. The first-order chi connectivity index (χ1) is 17.1. The molecule has 1 heterocycles. The molecule has 0 aromatic heterocycles. The Hall–Kier alpha value is -3.79. The molecule has 1 saturated heterocycles. The number of aliphatic carboxylic acids is 2. The molecule has 0 aliphatic carbocycles. The minimum Gasteiger partial charge on any atom is -0.473 e. The summed E-state index contributed by atoms with van der Waals surface area (Å²) >= 11 is 0. The maximum Gasteiger partial charge on any atom is 0.415 e. The number of nitrogens with zero attached hydrogens (tertiary/aromatic N) is 2. The molecule has 0 saturated carbocycles. The van der Waals surface area contributed by atoms with Gasteiger partial charge in [-0.3, -0.25) is 9.69 Å². The average molecular weight is 503 g/mol. The fourth-order valence-electron chi connectivity index (χ4n) is 4.12. The monoisotopic (exact) mass is 502 g/mol. The molecule has 2 aromatic carbocycles. The number of carbonyl (C=O) groups excluding carboxylic acids is 2. The summed E-state index contributed by atoms with van der Waals surface area (Å²) in [5, 5.41) is 14.8. The first-order valence-corrected chi connectivity index (χ1v) is 11.6. The van der Waals surface area contributed by atoms with Crippen LogP contribution in [0.2, 0.25) is 0 Å². The van der Waals surface area contributed by atoms with Crippen LogP contribution in [-0.4, -0.2) is 70.7 Å². The van der Waals surface area contributed by atoms with Gasteiger partial charge in [-0.25, -0.2) is 18.8 Å². The number of carboxylic acid groups (broad SMARTS) is 2. The first kappa shape index (κ1) is 28.4. The Balaban J connectivity index is 0.000000678. The van der Waals surface area contributed by atoms with Gasteiger partial charge in [0.05, 0.1) is 6.61 Å². The van der Waals surface area contributed by atoms with Crippen LogP contribution in [0.3, 0.4) is 0 Å². The van der Waals surface area contributed by atoms with Crippen LogP contribution in [0.25, 0.3) is 0 Å². The van der Waals surface area contributed by atoms with Crippen molar-refractivity contribution < 1.29 is 38.5 Å². The number of piperidine rings is 1. The number of hydrogen-bond donors (Lipinski definition) is 2. The van der Waals surface area contributed by atoms with E-state index in [4.69, 9.17) is 24.5 Å². The van der Waals surface area contributed by atoms with Crippen LogP contribution in [0, 0.1) is 5.82 Å². The van der Waals surface area contributed by atoms with Gasteiger partial charge in [0.15, 0.2) is 5.78 Å². The Kier molecular flexibility index (Phi) is 10.5. The van der Waals surface area contributed by atoms with E-state index in [1.165, 1.54) is 41.7 Å². The van der Waals surface area contributed by atoms with Crippen molar-refractivity contribution in [2.45, 2.75) is 38.6 Å². The summed E-state index contributed by atoms with van der Waals surface area (Å²) in [5.41, 5.74) is 0.760. The predicted octanol–water partition coefficient (Wildman–Crippen LogP) is 3.61. The molecule has 1 amide bonds. The lowest BCUT2D eigenvalue weighted by molar-refractivity contribution is -0.159. The fourth-order valence-corrected chi connectivity index (χ4v) is 4.12. The lowest BCUT2D eigenvalue weighted by Crippen LogP contribution is -2.62. The summed E-state index contributed by atoms with van der Waals surface area (Å²) in [6.45, 7) is 5.75. The van der Waals surface area contributed by atoms with E-state index in [2.05, 4.69) is 17.0 Å². The van der Waals surface area contributed by atoms with Crippen molar-refractivity contribution in [1.29, 1.82) is 0 Å². The summed E-state index contributed by atoms with van der Waals surface area (Å²) in [7, 11) is 0. The lowest BCUT2D eigenvalue weighted by Gasteiger charge is -2.46. The number of amides is 1. The van der Waals surface area contributed by atoms with E-state index in [0.717, 1.165) is 13.0 Å². The van der Waals surface area contributed by atoms with Gasteiger partial charge in [0.25, 0.3) is 0 Å². The maximum absolute atomic E-state index is 13.5. The lowest BCUT2D eigenvalue weighted by atomic mass is 9.81. The molecule has 1 fully saturated rings. The number of carboxylic acids is 2. The van der Waals surface area contributed by atoms with E-state index in [1.54, 1.807) is 6.92 Å². The van der Waals surface area contributed by atoms with Crippen LogP contribution in [0.15, 0.2) is 54.6 Å². The topological polar surface area (TPSA) is 124 Å². The summed E-state index contributed by atoms with van der Waals surface area (Å²) < 4.78 is 18.7. The van der Waals surface area contributed by atoms with Gasteiger partial charge in [0.1, 0.15) is 11.4 Å². The molecule has 2 N–H and O–H groups in total. The van der Waals surface area contributed by atoms with Crippen LogP contribution in [0.5, 0.6) is 0 Å². The molecule has 0 bridgehead atoms. The van der Waals surface area contributed by atoms with Gasteiger partial charge in [-0.2, -0.15) is 0 Å². The fraction of sp³-hybridized carbons (Fsp3) is 0.385. The number of rotatable bonds is 7. The minimum atomic E-state index is -1.82. The van der Waals surface area contributed by atoms with Gasteiger partial charge in [0, 0.05) is 25.3 Å². The summed E-state index contributed by atoms with van der Waals surface area (Å²) in [6.07, 6.45) is 1.38. The van der Waals surface area contributed by atoms with E-state index in [9.17, 15) is 14.0 Å². The Morgan fingerprint density at radius 3 is 2.00 bits per heavy atom. The van der Waals surface area contributed by atoms with Gasteiger partial charge < -0.3 is 19.8 Å². The molecular weight excluding hydrogens is 471 g/mol. The molecule has 36 heavy (non-hydrogen) atoms. The Bertz CT molecular complexity index is 1020. The quantitative estimate of drug-likeness (QED) is 0.550. The molecule has 9 nitrogen and oxygen atoms in total. The average Bonchev–Trinajstić information content (AvgIpc) is 2.86. The van der Waals surface area contributed by atoms with E-state index in [-0.39, 0.29) is 12.4 Å². The molecule has 10 heteroatoms. The van der Waals surface area contributed by atoms with E-state index >= 15 is 0 Å². The van der Waals surface area contributed by atoms with Crippen LogP contribution < -0.4 is 4.90 Å². The van der Waals surface area contributed by atoms with Gasteiger partial charge in [-0.15, -0.1) is 0 Å². The SMILES string of the molecule is CCOC(=O)N(c1ccc(F)cc1)C1(C(C)=O)CCN(CCc2ccccc2)CC1.O=C(O)C(=O)O. The highest BCUT2D eigenvalue weighted by molar-refractivity contribution is 6.27. The van der Waals surface area contributed by atoms with Crippen molar-refractivity contribution in [2.24, 2.45) is 0 Å². The standard InChI is InChI=1S/C24H29FN2O3.C2H2O4/c1-3-30-23(29)27(22-11-9-21(25)10-12-22)24(19(2)28)14-17-26(18-15-24)16-13-20-7-5-4-6-8-20;3-1(4)2(5)6/h4-12H,3,13-18H2,1-2H3;(H,3,4)(H,5,6). The maximum atomic E-state index is 13.5. The van der Waals surface area contributed by atoms with Crippen molar-refractivity contribution in [3.8, 4) is 0 Å². The van der Waals surface area contributed by atoms with E-state index in [0.29, 0.717) is 31.6 Å². The number of halogens is 1. The summed E-state index contributed by atoms with van der Waals surface area (Å²) in [4.78, 5) is 47.7. The number of anilines is 1. The Labute approximate surface area is 209 Å². The molecule has 2 aromatic rings. The highest BCUT2D eigenvalue weighted by atomic mass is 19.1. The van der Waals surface area contributed by atoms with Crippen LogP contribution >= 0.6 is 0 Å². The van der Waals surface area contributed by atoms with E-state index in [1.807, 2.05) is 18.2 Å². The van der Waals surface area contributed by atoms with Crippen molar-refractivity contribution >= 4 is 29.5 Å². The van der Waals surface area contributed by atoms with E-state index < -0.39 is 29.4 Å². The molecule has 1 aliphatic heterocycles. The number of likely N-dealkylation sites (tertiary alicyclic amines) is 1. The van der Waals surface area contributed by atoms with Gasteiger partial charge in [-0.1, -0.05) is 30.3 Å². The van der Waals surface area contributed by atoms with Gasteiger partial charge in [-0.05, 0) is 62.9 Å². The van der Waals surface area contributed by atoms with Crippen molar-refractivity contribution in [3.63, 3.8) is 0 Å². The normalized spacial score (nSPS) is 14.6. The third-order valence-electron chi connectivity index (χ3n) is 6.04. The molecule has 194 valence electrons. The molecule has 3 rings (SSSR count). The number of benzene rings is 2. The zero-order chi connectivity index (χ0) is 26.7. The zero-order valence-corrected chi connectivity index (χ0v) is 20.4. The summed E-state index contributed by atoms with van der Waals surface area (Å²) in [5.74, 6) is -4.12. The summed E-state index contributed by atoms with van der Waals surface area (Å²) in [6, 6.07) is 15.9. The minimum absolute atomic E-state index is 0.0809. The third-order valence-corrected chi connectivity index (χ3v) is 6.04. The predicted molar refractivity (Wildman–Crippen MR) is 130 cm³/mol. The van der Waals surface area contributed by atoms with Gasteiger partial charge >= 0.3 is 18.0 Å². The third kappa shape index (κ3) is 7.61. The second-order valence-electron chi connectivity index (χ2n) is 8.29. The first-order valence-electron chi connectivity index (χ1n) is 11.6. The second kappa shape index (κ2) is 13.3. The van der Waals surface area contributed by atoms with Crippen LogP contribution in [0.4, 0.5) is 14.9 Å². The number of carbonyl (C=O) groups is 4. The number of hydrogen-bond acceptors (Lipinski definition) is 6. The largest absolute Gasteiger partial charge is 0.473 e. The highest BCUT2D eigenvalue weighted by Gasteiger charge is 2.47. The molecule has 0 atom stereocenters. The smallest absolute Gasteiger partial charge is 0.415 e. The van der Waals surface area contributed by atoms with Crippen LogP contribution in [-0.2, 0) is 25.5 Å². The molecule has 1 aliphatic rings. The zero-order valence-electron chi connectivity index (χ0n) is 20.4. The molecule has 0 unspecified atom stereocenters. The van der Waals surface area contributed by atoms with Gasteiger partial charge in [0.2, 0.25) is 0 Å². The van der Waals surface area contributed by atoms with Crippen molar-refractivity contribution in [3.05, 3.63) is 66.0 Å². The Morgan fingerprint density at radius 2 is 1.53 bits per heavy atom. The molecule has 0 radical (unpaired) electrons. The number of Topliss-reactive ketones (excluding diaryl/α,β-unsaturated/α-hetero) is 1. The number of ketones is 1. The Morgan fingerprint density at radius 1 is 0.972 bits per heavy atom. The highest BCUT2D eigenvalue weighted by Crippen LogP contribution is 2.35. The molecule has 0 spiro atoms. The second-order valence-corrected chi connectivity index (χ2v) is 8.29. The van der Waals surface area contributed by atoms with Crippen molar-refractivity contribution in [1.82, 2.24) is 4.90 Å². The van der Waals surface area contributed by atoms with Crippen molar-refractivity contribution in [2.75, 3.05) is 31.1 Å². The number of ether oxygens (including phenoxy) is 1. The van der Waals surface area contributed by atoms with Crippen LogP contribution in [0.1, 0.15) is 32.3 Å².